The Morgan fingerprint density at radius 3 is 2.76 bits per heavy atom. The van der Waals surface area contributed by atoms with E-state index in [4.69, 9.17) is 0 Å². The van der Waals surface area contributed by atoms with E-state index in [2.05, 4.69) is 9.97 Å². The summed E-state index contributed by atoms with van der Waals surface area (Å²) >= 11 is 0. The number of nitrogens with zero attached hydrogens (tertiary/aromatic N) is 4. The Kier molecular flexibility index (Phi) is 4.33. The molecule has 0 bridgehead atoms. The predicted molar refractivity (Wildman–Crippen MR) is 84.8 cm³/mol. The first-order valence-electron chi connectivity index (χ1n) is 7.82. The summed E-state index contributed by atoms with van der Waals surface area (Å²) in [5.74, 6) is 0.0354. The molecule has 3 heterocycles. The summed E-state index contributed by atoms with van der Waals surface area (Å²) in [7, 11) is 0. The van der Waals surface area contributed by atoms with Crippen molar-refractivity contribution in [2.75, 3.05) is 18.0 Å². The first kappa shape index (κ1) is 17.1. The van der Waals surface area contributed by atoms with Crippen LogP contribution in [0.15, 0.2) is 18.3 Å². The van der Waals surface area contributed by atoms with Gasteiger partial charge in [0.1, 0.15) is 18.0 Å². The van der Waals surface area contributed by atoms with E-state index in [9.17, 15) is 23.2 Å². The smallest absolute Gasteiger partial charge is 0.370 e. The van der Waals surface area contributed by atoms with E-state index in [1.54, 1.807) is 0 Å². The Hall–Kier alpha value is -2.69. The number of halogens is 3. The summed E-state index contributed by atoms with van der Waals surface area (Å²) in [4.78, 5) is 20.5. The first-order valence-corrected chi connectivity index (χ1v) is 7.82. The lowest BCUT2D eigenvalue weighted by Gasteiger charge is -2.36. The molecular formula is C17H15F3N4O. The van der Waals surface area contributed by atoms with Gasteiger partial charge in [0.25, 0.3) is 0 Å². The number of hydrogen-bond donors (Lipinski definition) is 0. The molecule has 3 rings (SSSR count). The number of hydrogen-bond acceptors (Lipinski definition) is 5. The third kappa shape index (κ3) is 3.14. The molecule has 130 valence electrons. The fourth-order valence-corrected chi connectivity index (χ4v) is 3.21. The molecule has 1 saturated heterocycles. The Morgan fingerprint density at radius 1 is 1.40 bits per heavy atom. The highest BCUT2D eigenvalue weighted by Crippen LogP contribution is 2.35. The van der Waals surface area contributed by atoms with Crippen molar-refractivity contribution in [2.45, 2.75) is 19.5 Å². The number of anilines is 1. The molecular weight excluding hydrogens is 333 g/mol. The fourth-order valence-electron chi connectivity index (χ4n) is 3.21. The predicted octanol–water partition coefficient (Wildman–Crippen LogP) is 3.18. The summed E-state index contributed by atoms with van der Waals surface area (Å²) in [5.41, 5.74) is -0.249. The molecule has 0 saturated carbocycles. The number of aromatic nitrogens is 2. The standard InChI is InChI=1S/C17H15F3N4O/c1-10-8-24(5-4-11(10)9-25)15-12(6-21)7-22-16-13(15)2-3-14(23-16)17(18,19)20/h2-3,7,9-11H,4-5,8H2,1H3/t10-,11?/m1/s1. The number of alkyl halides is 3. The van der Waals surface area contributed by atoms with Crippen molar-refractivity contribution >= 4 is 23.0 Å². The molecule has 0 spiro atoms. The van der Waals surface area contributed by atoms with Crippen LogP contribution in [0.3, 0.4) is 0 Å². The second kappa shape index (κ2) is 6.31. The summed E-state index contributed by atoms with van der Waals surface area (Å²) in [6.07, 6.45) is -1.73. The number of pyridine rings is 2. The minimum Gasteiger partial charge on any atom is -0.370 e. The zero-order valence-corrected chi connectivity index (χ0v) is 13.4. The number of nitriles is 1. The number of aldehydes is 1. The van der Waals surface area contributed by atoms with Crippen molar-refractivity contribution in [3.8, 4) is 6.07 Å². The largest absolute Gasteiger partial charge is 0.433 e. The monoisotopic (exact) mass is 348 g/mol. The van der Waals surface area contributed by atoms with Crippen LogP contribution in [-0.2, 0) is 11.0 Å². The number of carbonyl (C=O) groups is 1. The summed E-state index contributed by atoms with van der Waals surface area (Å²) < 4.78 is 38.6. The van der Waals surface area contributed by atoms with E-state index in [0.29, 0.717) is 30.6 Å². The van der Waals surface area contributed by atoms with E-state index in [1.165, 1.54) is 12.3 Å². The van der Waals surface area contributed by atoms with Crippen molar-refractivity contribution < 1.29 is 18.0 Å². The van der Waals surface area contributed by atoms with Gasteiger partial charge in [-0.3, -0.25) is 0 Å². The second-order valence-corrected chi connectivity index (χ2v) is 6.21. The Balaban J connectivity index is 2.10. The van der Waals surface area contributed by atoms with Gasteiger partial charge in [-0.15, -0.1) is 0 Å². The van der Waals surface area contributed by atoms with Gasteiger partial charge in [-0.05, 0) is 24.5 Å². The van der Waals surface area contributed by atoms with Gasteiger partial charge in [-0.1, -0.05) is 6.92 Å². The SMILES string of the molecule is C[C@@H]1CN(c2c(C#N)cnc3nc(C(F)(F)F)ccc23)CCC1C=O. The number of rotatable bonds is 2. The molecule has 1 aliphatic heterocycles. The highest BCUT2D eigenvalue weighted by molar-refractivity contribution is 5.92. The van der Waals surface area contributed by atoms with Gasteiger partial charge < -0.3 is 9.69 Å². The van der Waals surface area contributed by atoms with Crippen LogP contribution < -0.4 is 4.90 Å². The van der Waals surface area contributed by atoms with Crippen LogP contribution in [0, 0.1) is 23.2 Å². The molecule has 2 atom stereocenters. The number of carbonyl (C=O) groups excluding carboxylic acids is 1. The van der Waals surface area contributed by atoms with Gasteiger partial charge in [-0.25, -0.2) is 9.97 Å². The van der Waals surface area contributed by atoms with Crippen LogP contribution in [-0.4, -0.2) is 29.3 Å². The maximum Gasteiger partial charge on any atom is 0.433 e. The minimum absolute atomic E-state index is 0.0472. The van der Waals surface area contributed by atoms with Gasteiger partial charge in [0, 0.05) is 30.6 Å². The zero-order chi connectivity index (χ0) is 18.2. The third-order valence-electron chi connectivity index (χ3n) is 4.57. The van der Waals surface area contributed by atoms with Crippen molar-refractivity contribution in [1.82, 2.24) is 9.97 Å². The number of fused-ring (bicyclic) bond motifs is 1. The quantitative estimate of drug-likeness (QED) is 0.780. The summed E-state index contributed by atoms with van der Waals surface area (Å²) in [5, 5.41) is 9.79. The van der Waals surface area contributed by atoms with Crippen LogP contribution in [0.25, 0.3) is 11.0 Å². The molecule has 0 radical (unpaired) electrons. The molecule has 5 nitrogen and oxygen atoms in total. The van der Waals surface area contributed by atoms with E-state index in [0.717, 1.165) is 12.4 Å². The van der Waals surface area contributed by atoms with Gasteiger partial charge in [0.2, 0.25) is 0 Å². The summed E-state index contributed by atoms with van der Waals surface area (Å²) in [6.45, 7) is 3.03. The Labute approximate surface area is 142 Å². The summed E-state index contributed by atoms with van der Waals surface area (Å²) in [6, 6.07) is 4.26. The van der Waals surface area contributed by atoms with Crippen molar-refractivity contribution in [2.24, 2.45) is 11.8 Å². The van der Waals surface area contributed by atoms with Crippen LogP contribution in [0.2, 0.25) is 0 Å². The average Bonchev–Trinajstić information content (AvgIpc) is 2.59. The number of piperidine rings is 1. The average molecular weight is 348 g/mol. The second-order valence-electron chi connectivity index (χ2n) is 6.21. The van der Waals surface area contributed by atoms with E-state index in [-0.39, 0.29) is 23.0 Å². The highest BCUT2D eigenvalue weighted by atomic mass is 19.4. The lowest BCUT2D eigenvalue weighted by Crippen LogP contribution is -2.40. The van der Waals surface area contributed by atoms with Crippen LogP contribution in [0.1, 0.15) is 24.6 Å². The Morgan fingerprint density at radius 2 is 2.16 bits per heavy atom. The molecule has 25 heavy (non-hydrogen) atoms. The lowest BCUT2D eigenvalue weighted by atomic mass is 9.87. The topological polar surface area (TPSA) is 69.9 Å². The molecule has 0 amide bonds. The molecule has 1 aliphatic rings. The molecule has 1 unspecified atom stereocenters. The van der Waals surface area contributed by atoms with Gasteiger partial charge in [0.05, 0.1) is 11.3 Å². The molecule has 0 aliphatic carbocycles. The van der Waals surface area contributed by atoms with Crippen LogP contribution in [0.4, 0.5) is 18.9 Å². The van der Waals surface area contributed by atoms with Crippen molar-refractivity contribution in [1.29, 1.82) is 5.26 Å². The Bertz CT molecular complexity index is 859. The molecule has 0 N–H and O–H groups in total. The van der Waals surface area contributed by atoms with Crippen LogP contribution >= 0.6 is 0 Å². The first-order chi connectivity index (χ1) is 11.8. The van der Waals surface area contributed by atoms with Crippen molar-refractivity contribution in [3.05, 3.63) is 29.6 Å². The molecule has 1 fully saturated rings. The highest BCUT2D eigenvalue weighted by Gasteiger charge is 2.33. The van der Waals surface area contributed by atoms with Gasteiger partial charge in [-0.2, -0.15) is 18.4 Å². The fraction of sp³-hybridized carbons (Fsp3) is 0.412. The normalized spacial score (nSPS) is 21.2. The van der Waals surface area contributed by atoms with E-state index < -0.39 is 11.9 Å². The van der Waals surface area contributed by atoms with E-state index in [1.807, 2.05) is 17.9 Å². The minimum atomic E-state index is -4.55. The van der Waals surface area contributed by atoms with Gasteiger partial charge in [0.15, 0.2) is 5.65 Å². The molecule has 2 aromatic rings. The molecule has 8 heteroatoms. The lowest BCUT2D eigenvalue weighted by molar-refractivity contribution is -0.141. The maximum atomic E-state index is 12.9. The molecule has 2 aromatic heterocycles. The van der Waals surface area contributed by atoms with Crippen LogP contribution in [0.5, 0.6) is 0 Å². The zero-order valence-electron chi connectivity index (χ0n) is 13.4. The third-order valence-corrected chi connectivity index (χ3v) is 4.57. The van der Waals surface area contributed by atoms with Crippen molar-refractivity contribution in [3.63, 3.8) is 0 Å². The maximum absolute atomic E-state index is 12.9. The van der Waals surface area contributed by atoms with Gasteiger partial charge >= 0.3 is 6.18 Å². The van der Waals surface area contributed by atoms with E-state index >= 15 is 0 Å². The molecule has 0 aromatic carbocycles.